The van der Waals surface area contributed by atoms with E-state index < -0.39 is 97.1 Å². The molecule has 6 atom stereocenters. The van der Waals surface area contributed by atoms with Crippen molar-refractivity contribution in [1.29, 1.82) is 0 Å². The number of nitrogens with one attached hydrogen (secondary N) is 5. The van der Waals surface area contributed by atoms with E-state index in [1.165, 1.54) is 0 Å². The fourth-order valence-corrected chi connectivity index (χ4v) is 3.69. The normalized spacial score (nSPS) is 14.8. The highest BCUT2D eigenvalue weighted by Gasteiger charge is 2.33. The third-order valence-electron chi connectivity index (χ3n) is 6.67. The minimum atomic E-state index is -1.56. The van der Waals surface area contributed by atoms with Gasteiger partial charge >= 0.3 is 5.97 Å². The van der Waals surface area contributed by atoms with E-state index in [0.29, 0.717) is 6.42 Å². The Balaban J connectivity index is 5.44. The zero-order chi connectivity index (χ0) is 34.9. The molecule has 19 heteroatoms. The topological polar surface area (TPSA) is 337 Å². The van der Waals surface area contributed by atoms with Gasteiger partial charge in [-0.25, -0.2) is 4.79 Å². The average molecular weight is 645 g/mol. The van der Waals surface area contributed by atoms with Crippen LogP contribution in [0, 0.1) is 11.8 Å². The van der Waals surface area contributed by atoms with Crippen LogP contribution in [0.25, 0.3) is 0 Å². The number of primary amides is 1. The molecular formula is C26H48N10O9. The lowest BCUT2D eigenvalue weighted by molar-refractivity contribution is -0.142. The molecule has 0 aromatic rings. The van der Waals surface area contributed by atoms with E-state index >= 15 is 0 Å². The smallest absolute Gasteiger partial charge is 0.326 e. The molecule has 0 aliphatic heterocycles. The zero-order valence-corrected chi connectivity index (χ0v) is 26.0. The summed E-state index contributed by atoms with van der Waals surface area (Å²) < 4.78 is 0. The van der Waals surface area contributed by atoms with Crippen molar-refractivity contribution >= 4 is 47.4 Å². The fourth-order valence-electron chi connectivity index (χ4n) is 3.69. The molecule has 0 aliphatic carbocycles. The van der Waals surface area contributed by atoms with E-state index in [2.05, 4.69) is 31.6 Å². The van der Waals surface area contributed by atoms with Gasteiger partial charge in [-0.05, 0) is 24.7 Å². The van der Waals surface area contributed by atoms with Crippen molar-refractivity contribution in [3.8, 4) is 0 Å². The molecule has 45 heavy (non-hydrogen) atoms. The highest BCUT2D eigenvalue weighted by atomic mass is 16.4. The molecule has 6 amide bonds. The number of guanidine groups is 1. The Hall–Kier alpha value is -4.52. The molecule has 0 radical (unpaired) electrons. The Morgan fingerprint density at radius 2 is 1.40 bits per heavy atom. The van der Waals surface area contributed by atoms with E-state index in [0.717, 1.165) is 0 Å². The van der Waals surface area contributed by atoms with Gasteiger partial charge in [-0.3, -0.25) is 33.8 Å². The Kier molecular flexibility index (Phi) is 18.4. The second-order valence-electron chi connectivity index (χ2n) is 10.7. The predicted molar refractivity (Wildman–Crippen MR) is 161 cm³/mol. The van der Waals surface area contributed by atoms with Crippen molar-refractivity contribution in [2.24, 2.45) is 39.8 Å². The van der Waals surface area contributed by atoms with Gasteiger partial charge in [0, 0.05) is 6.54 Å². The predicted octanol–water partition coefficient (Wildman–Crippen LogP) is -4.92. The number of carboxylic acid groups (broad SMARTS) is 1. The lowest BCUT2D eigenvalue weighted by atomic mass is 9.97. The molecule has 0 saturated heterocycles. The van der Waals surface area contributed by atoms with Gasteiger partial charge < -0.3 is 59.7 Å². The van der Waals surface area contributed by atoms with Gasteiger partial charge in [0.2, 0.25) is 35.4 Å². The molecule has 15 N–H and O–H groups in total. The Morgan fingerprint density at radius 3 is 1.89 bits per heavy atom. The lowest BCUT2D eigenvalue weighted by Crippen LogP contribution is -2.60. The number of carboxylic acids is 1. The molecule has 0 rings (SSSR count). The first-order chi connectivity index (χ1) is 20.9. The number of nitrogens with zero attached hydrogens (tertiary/aromatic N) is 1. The van der Waals surface area contributed by atoms with Crippen molar-refractivity contribution in [1.82, 2.24) is 26.6 Å². The van der Waals surface area contributed by atoms with Crippen molar-refractivity contribution in [2.75, 3.05) is 19.7 Å². The van der Waals surface area contributed by atoms with E-state index in [-0.39, 0.29) is 31.3 Å². The number of aliphatic imine (C=N–C) groups is 1. The number of nitrogens with two attached hydrogens (primary N) is 4. The molecule has 0 unspecified atom stereocenters. The summed E-state index contributed by atoms with van der Waals surface area (Å²) >= 11 is 0. The molecule has 0 aliphatic rings. The zero-order valence-electron chi connectivity index (χ0n) is 26.0. The monoisotopic (exact) mass is 644 g/mol. The van der Waals surface area contributed by atoms with Crippen LogP contribution in [-0.4, -0.2) is 107 Å². The van der Waals surface area contributed by atoms with E-state index in [9.17, 15) is 43.8 Å². The highest BCUT2D eigenvalue weighted by molar-refractivity contribution is 5.97. The molecule has 0 aromatic carbocycles. The maximum atomic E-state index is 13.2. The first-order valence-corrected chi connectivity index (χ1v) is 14.4. The Morgan fingerprint density at radius 1 is 0.800 bits per heavy atom. The van der Waals surface area contributed by atoms with E-state index in [4.69, 9.17) is 22.9 Å². The van der Waals surface area contributed by atoms with Crippen LogP contribution in [0.1, 0.15) is 53.4 Å². The van der Waals surface area contributed by atoms with Gasteiger partial charge in [0.05, 0.1) is 25.6 Å². The molecule has 0 fully saturated rings. The van der Waals surface area contributed by atoms with Crippen LogP contribution in [0.2, 0.25) is 0 Å². The van der Waals surface area contributed by atoms with Crippen molar-refractivity contribution in [2.45, 2.75) is 83.6 Å². The van der Waals surface area contributed by atoms with Crippen LogP contribution in [0.3, 0.4) is 0 Å². The van der Waals surface area contributed by atoms with Crippen molar-refractivity contribution < 1.29 is 43.8 Å². The molecule has 19 nitrogen and oxygen atoms in total. The number of aliphatic hydroxyl groups is 1. The largest absolute Gasteiger partial charge is 0.480 e. The number of carbonyl (C=O) groups excluding carboxylic acids is 6. The van der Waals surface area contributed by atoms with Crippen molar-refractivity contribution in [3.63, 3.8) is 0 Å². The van der Waals surface area contributed by atoms with Gasteiger partial charge in [-0.1, -0.05) is 34.1 Å². The number of hydrogen-bond donors (Lipinski definition) is 11. The fraction of sp³-hybridized carbons (Fsp3) is 0.692. The summed E-state index contributed by atoms with van der Waals surface area (Å²) in [6, 6.07) is -6.57. The summed E-state index contributed by atoms with van der Waals surface area (Å²) in [4.78, 5) is 90.3. The summed E-state index contributed by atoms with van der Waals surface area (Å²) in [6.45, 7) is 5.28. The minimum Gasteiger partial charge on any atom is -0.480 e. The summed E-state index contributed by atoms with van der Waals surface area (Å²) in [5, 5.41) is 30.6. The summed E-state index contributed by atoms with van der Waals surface area (Å²) in [5.74, 6) is -7.53. The van der Waals surface area contributed by atoms with Crippen LogP contribution in [0.4, 0.5) is 0 Å². The molecule has 0 spiro atoms. The number of aliphatic hydroxyl groups excluding tert-OH is 1. The minimum absolute atomic E-state index is 0.00164. The molecule has 0 heterocycles. The third-order valence-corrected chi connectivity index (χ3v) is 6.67. The Bertz CT molecular complexity index is 1080. The van der Waals surface area contributed by atoms with Gasteiger partial charge in [0.15, 0.2) is 5.96 Å². The van der Waals surface area contributed by atoms with Gasteiger partial charge in [-0.15, -0.1) is 0 Å². The first kappa shape index (κ1) is 40.5. The number of amides is 6. The van der Waals surface area contributed by atoms with E-state index in [1.807, 2.05) is 0 Å². The van der Waals surface area contributed by atoms with Gasteiger partial charge in [0.25, 0.3) is 0 Å². The average Bonchev–Trinajstić information content (AvgIpc) is 2.96. The standard InChI is InChI=1S/C26H48N10O9/c1-5-13(4)20(36-22(41)15(9-17(27)38)34-23(42)19(28)12(2)3)24(43)35-16(11-37)21(40)32-10-18(39)33-14(25(44)45)7-6-8-31-26(29)30/h12-16,19-20,37H,5-11,28H2,1-4H3,(H2,27,38)(H,32,40)(H,33,39)(H,34,42)(H,35,43)(H,36,41)(H,44,45)(H4,29,30,31)/t13-,14-,15-,16-,19-,20-/m0/s1. The summed E-state index contributed by atoms with van der Waals surface area (Å²) in [7, 11) is 0. The molecule has 0 bridgehead atoms. The lowest BCUT2D eigenvalue weighted by Gasteiger charge is -2.28. The quantitative estimate of drug-likeness (QED) is 0.0318. The number of hydrogen-bond acceptors (Lipinski definition) is 10. The van der Waals surface area contributed by atoms with Crippen LogP contribution >= 0.6 is 0 Å². The maximum Gasteiger partial charge on any atom is 0.326 e. The molecule has 256 valence electrons. The summed E-state index contributed by atoms with van der Waals surface area (Å²) in [5.41, 5.74) is 21.5. The second-order valence-corrected chi connectivity index (χ2v) is 10.7. The highest BCUT2D eigenvalue weighted by Crippen LogP contribution is 2.10. The molecule has 0 aromatic heterocycles. The number of aliphatic carboxylic acids is 1. The van der Waals surface area contributed by atoms with Crippen LogP contribution in [0.15, 0.2) is 4.99 Å². The van der Waals surface area contributed by atoms with Crippen molar-refractivity contribution in [3.05, 3.63) is 0 Å². The third kappa shape index (κ3) is 15.7. The van der Waals surface area contributed by atoms with Crippen LogP contribution in [0.5, 0.6) is 0 Å². The summed E-state index contributed by atoms with van der Waals surface area (Å²) in [6.07, 6.45) is 0.0315. The second kappa shape index (κ2) is 20.4. The van der Waals surface area contributed by atoms with Crippen LogP contribution in [-0.2, 0) is 33.6 Å². The number of carbonyl (C=O) groups is 7. The van der Waals surface area contributed by atoms with Gasteiger partial charge in [0.1, 0.15) is 24.2 Å². The maximum absolute atomic E-state index is 13.2. The van der Waals surface area contributed by atoms with E-state index in [1.54, 1.807) is 27.7 Å². The van der Waals surface area contributed by atoms with Gasteiger partial charge in [-0.2, -0.15) is 0 Å². The first-order valence-electron chi connectivity index (χ1n) is 14.4. The van der Waals surface area contributed by atoms with Crippen LogP contribution < -0.4 is 49.5 Å². The SMILES string of the molecule is CC[C@H](C)[C@H](NC(=O)[C@H](CC(N)=O)NC(=O)[C@@H](N)C(C)C)C(=O)N[C@@H](CO)C(=O)NCC(=O)N[C@@H](CCCN=C(N)N)C(=O)O. The Labute approximate surface area is 261 Å². The molecule has 0 saturated carbocycles. The molecular weight excluding hydrogens is 596 g/mol. The number of rotatable bonds is 21.